The largest absolute Gasteiger partial charge is 0.497 e. The topological polar surface area (TPSA) is 163 Å². The van der Waals surface area contributed by atoms with Crippen molar-refractivity contribution in [1.29, 1.82) is 10.7 Å². The standard InChI is InChI=1S/C30H26N8O3/c1-18-26(37-29(39)19-5-3-6-22(13-19)36-30(32)33)17-38-28(18)27(20(15-31)16-34-38)35-21-9-11-23(12-10-21)41-25-8-4-7-24(14-25)40-2/h3-14,16-17,35H,1-2H3,(H,37,39)(H4,32,33,36). The molecule has 11 heteroatoms. The van der Waals surface area contributed by atoms with Crippen LogP contribution in [0.3, 0.4) is 0 Å². The Morgan fingerprint density at radius 3 is 2.49 bits per heavy atom. The summed E-state index contributed by atoms with van der Waals surface area (Å²) in [6, 6.07) is 23.5. The maximum atomic E-state index is 13.0. The van der Waals surface area contributed by atoms with Crippen LogP contribution >= 0.6 is 0 Å². The third-order valence-corrected chi connectivity index (χ3v) is 6.23. The molecule has 0 unspecified atom stereocenters. The van der Waals surface area contributed by atoms with Gasteiger partial charge < -0.3 is 31.2 Å². The lowest BCUT2D eigenvalue weighted by Gasteiger charge is -2.12. The van der Waals surface area contributed by atoms with Crippen LogP contribution in [0.5, 0.6) is 17.2 Å². The minimum atomic E-state index is -0.349. The number of rotatable bonds is 8. The maximum absolute atomic E-state index is 13.0. The smallest absolute Gasteiger partial charge is 0.255 e. The summed E-state index contributed by atoms with van der Waals surface area (Å²) >= 11 is 0. The van der Waals surface area contributed by atoms with Crippen molar-refractivity contribution in [3.63, 3.8) is 0 Å². The number of carbonyl (C=O) groups excluding carboxylic acids is 1. The molecule has 0 saturated carbocycles. The van der Waals surface area contributed by atoms with Crippen LogP contribution < -0.4 is 31.2 Å². The average molecular weight is 547 g/mol. The zero-order valence-corrected chi connectivity index (χ0v) is 22.2. The summed E-state index contributed by atoms with van der Waals surface area (Å²) in [5.74, 6) is 1.40. The minimum Gasteiger partial charge on any atom is -0.497 e. The van der Waals surface area contributed by atoms with Gasteiger partial charge >= 0.3 is 0 Å². The van der Waals surface area contributed by atoms with Crippen molar-refractivity contribution in [2.75, 3.05) is 23.1 Å². The van der Waals surface area contributed by atoms with Gasteiger partial charge in [-0.15, -0.1) is 0 Å². The molecule has 0 bridgehead atoms. The second-order valence-electron chi connectivity index (χ2n) is 9.01. The number of nitriles is 1. The molecular weight excluding hydrogens is 520 g/mol. The van der Waals surface area contributed by atoms with E-state index < -0.39 is 0 Å². The molecule has 1 amide bonds. The monoisotopic (exact) mass is 546 g/mol. The number of fused-ring (bicyclic) bond motifs is 1. The number of anilines is 4. The van der Waals surface area contributed by atoms with Crippen LogP contribution in [0.4, 0.5) is 22.7 Å². The lowest BCUT2D eigenvalue weighted by molar-refractivity contribution is 0.102. The van der Waals surface area contributed by atoms with E-state index in [-0.39, 0.29) is 11.9 Å². The van der Waals surface area contributed by atoms with Gasteiger partial charge in [-0.05, 0) is 61.5 Å². The van der Waals surface area contributed by atoms with Crippen LogP contribution in [0.2, 0.25) is 0 Å². The van der Waals surface area contributed by atoms with Gasteiger partial charge in [-0.1, -0.05) is 12.1 Å². The molecule has 0 aliphatic rings. The normalized spacial score (nSPS) is 10.5. The minimum absolute atomic E-state index is 0.226. The van der Waals surface area contributed by atoms with E-state index in [0.29, 0.717) is 51.0 Å². The number of aromatic nitrogens is 2. The number of nitrogens with zero attached hydrogens (tertiary/aromatic N) is 3. The molecular formula is C30H26N8O3. The van der Waals surface area contributed by atoms with Crippen LogP contribution in [-0.4, -0.2) is 28.6 Å². The number of hydrogen-bond acceptors (Lipinski definition) is 7. The van der Waals surface area contributed by atoms with E-state index in [0.717, 1.165) is 11.3 Å². The number of ether oxygens (including phenoxy) is 2. The fraction of sp³-hybridized carbons (Fsp3) is 0.0667. The van der Waals surface area contributed by atoms with Gasteiger partial charge in [0, 0.05) is 28.6 Å². The molecule has 0 atom stereocenters. The summed E-state index contributed by atoms with van der Waals surface area (Å²) < 4.78 is 12.8. The number of guanidine groups is 1. The Kier molecular flexibility index (Phi) is 7.38. The van der Waals surface area contributed by atoms with Crippen LogP contribution in [-0.2, 0) is 0 Å². The number of benzene rings is 3. The van der Waals surface area contributed by atoms with E-state index >= 15 is 0 Å². The fourth-order valence-corrected chi connectivity index (χ4v) is 4.27. The highest BCUT2D eigenvalue weighted by molar-refractivity contribution is 6.06. The summed E-state index contributed by atoms with van der Waals surface area (Å²) in [5, 5.41) is 30.5. The molecule has 0 radical (unpaired) electrons. The Morgan fingerprint density at radius 2 is 1.76 bits per heavy atom. The van der Waals surface area contributed by atoms with Gasteiger partial charge in [-0.25, -0.2) is 4.52 Å². The molecule has 2 aromatic heterocycles. The highest BCUT2D eigenvalue weighted by Gasteiger charge is 2.18. The van der Waals surface area contributed by atoms with Gasteiger partial charge in [0.2, 0.25) is 0 Å². The van der Waals surface area contributed by atoms with E-state index in [9.17, 15) is 10.1 Å². The Balaban J connectivity index is 1.40. The van der Waals surface area contributed by atoms with Crippen molar-refractivity contribution in [3.05, 3.63) is 102 Å². The molecule has 0 spiro atoms. The summed E-state index contributed by atoms with van der Waals surface area (Å²) in [7, 11) is 1.60. The van der Waals surface area contributed by atoms with Crippen molar-refractivity contribution in [1.82, 2.24) is 9.61 Å². The first kappa shape index (κ1) is 26.6. The summed E-state index contributed by atoms with van der Waals surface area (Å²) in [5.41, 5.74) is 9.83. The van der Waals surface area contributed by atoms with Crippen molar-refractivity contribution in [2.24, 2.45) is 5.73 Å². The lowest BCUT2D eigenvalue weighted by Crippen LogP contribution is -2.20. The van der Waals surface area contributed by atoms with Gasteiger partial charge in [0.1, 0.15) is 23.3 Å². The van der Waals surface area contributed by atoms with Gasteiger partial charge in [-0.3, -0.25) is 10.2 Å². The number of aryl methyl sites for hydroxylation is 1. The SMILES string of the molecule is COc1cccc(Oc2ccc(Nc3c(C#N)cnn4cc(NC(=O)c5cccc(NC(=N)N)c5)c(C)c34)cc2)c1. The van der Waals surface area contributed by atoms with E-state index in [1.54, 1.807) is 48.2 Å². The first-order chi connectivity index (χ1) is 19.8. The number of hydrogen-bond donors (Lipinski definition) is 5. The average Bonchev–Trinajstić information content (AvgIpc) is 3.29. The number of nitrogens with one attached hydrogen (secondary N) is 4. The third kappa shape index (κ3) is 5.86. The zero-order valence-electron chi connectivity index (χ0n) is 22.2. The third-order valence-electron chi connectivity index (χ3n) is 6.23. The number of nitrogens with two attached hydrogens (primary N) is 1. The highest BCUT2D eigenvalue weighted by Crippen LogP contribution is 2.33. The molecule has 11 nitrogen and oxygen atoms in total. The second kappa shape index (κ2) is 11.4. The molecule has 0 aliphatic carbocycles. The quantitative estimate of drug-likeness (QED) is 0.124. The van der Waals surface area contributed by atoms with Crippen molar-refractivity contribution < 1.29 is 14.3 Å². The van der Waals surface area contributed by atoms with Gasteiger partial charge in [-0.2, -0.15) is 10.4 Å². The van der Waals surface area contributed by atoms with Crippen molar-refractivity contribution in [3.8, 4) is 23.3 Å². The molecule has 5 rings (SSSR count). The van der Waals surface area contributed by atoms with Crippen LogP contribution in [0.15, 0.2) is 85.2 Å². The van der Waals surface area contributed by atoms with Gasteiger partial charge in [0.05, 0.1) is 42.0 Å². The van der Waals surface area contributed by atoms with Gasteiger partial charge in [0.25, 0.3) is 5.91 Å². The number of carbonyl (C=O) groups is 1. The molecule has 0 fully saturated rings. The van der Waals surface area contributed by atoms with E-state index in [4.69, 9.17) is 20.6 Å². The molecule has 204 valence electrons. The highest BCUT2D eigenvalue weighted by atomic mass is 16.5. The first-order valence-corrected chi connectivity index (χ1v) is 12.5. The molecule has 0 aliphatic heterocycles. The van der Waals surface area contributed by atoms with Crippen LogP contribution in [0, 0.1) is 23.7 Å². The summed E-state index contributed by atoms with van der Waals surface area (Å²) in [6.45, 7) is 1.85. The Labute approximate surface area is 235 Å². The van der Waals surface area contributed by atoms with E-state index in [2.05, 4.69) is 27.1 Å². The number of methoxy groups -OCH3 is 1. The Hall–Kier alpha value is -6.02. The molecule has 3 aromatic carbocycles. The Bertz CT molecular complexity index is 1810. The van der Waals surface area contributed by atoms with Crippen LogP contribution in [0.25, 0.3) is 5.52 Å². The molecule has 2 heterocycles. The predicted molar refractivity (Wildman–Crippen MR) is 157 cm³/mol. The first-order valence-electron chi connectivity index (χ1n) is 12.5. The van der Waals surface area contributed by atoms with Crippen molar-refractivity contribution >= 4 is 40.1 Å². The molecule has 41 heavy (non-hydrogen) atoms. The van der Waals surface area contributed by atoms with E-state index in [1.165, 1.54) is 6.20 Å². The fourth-order valence-electron chi connectivity index (χ4n) is 4.27. The van der Waals surface area contributed by atoms with Crippen molar-refractivity contribution in [2.45, 2.75) is 6.92 Å². The molecule has 0 saturated heterocycles. The molecule has 5 aromatic rings. The Morgan fingerprint density at radius 1 is 1.00 bits per heavy atom. The predicted octanol–water partition coefficient (Wildman–Crippen LogP) is 5.62. The second-order valence-corrected chi connectivity index (χ2v) is 9.01. The summed E-state index contributed by atoms with van der Waals surface area (Å²) in [6.07, 6.45) is 3.16. The summed E-state index contributed by atoms with van der Waals surface area (Å²) in [4.78, 5) is 13.0. The van der Waals surface area contributed by atoms with Gasteiger partial charge in [0.15, 0.2) is 5.96 Å². The lowest BCUT2D eigenvalue weighted by atomic mass is 10.1. The zero-order chi connectivity index (χ0) is 28.9. The van der Waals surface area contributed by atoms with E-state index in [1.807, 2.05) is 49.4 Å². The van der Waals surface area contributed by atoms with Crippen LogP contribution in [0.1, 0.15) is 21.5 Å². The maximum Gasteiger partial charge on any atom is 0.255 e. The molecule has 6 N–H and O–H groups in total. The number of amides is 1.